The molecule has 43 heteroatoms. The van der Waals surface area contributed by atoms with Crippen molar-refractivity contribution in [3.63, 3.8) is 0 Å². The van der Waals surface area contributed by atoms with Crippen LogP contribution in [0.2, 0.25) is 10.0 Å². The van der Waals surface area contributed by atoms with E-state index in [9.17, 15) is 85.9 Å². The molecule has 0 spiro atoms. The highest BCUT2D eigenvalue weighted by molar-refractivity contribution is 6.32. The molecule has 5 aromatic rings. The number of ether oxygens (including phenoxy) is 8. The Labute approximate surface area is 764 Å². The molecule has 13 rings (SSSR count). The topological polar surface area (TPSA) is 640 Å². The molecule has 720 valence electrons. The van der Waals surface area contributed by atoms with Gasteiger partial charge in [0.05, 0.1) is 65.6 Å². The van der Waals surface area contributed by atoms with Gasteiger partial charge in [-0.1, -0.05) is 114 Å². The first-order valence-corrected chi connectivity index (χ1v) is 44.5. The minimum absolute atomic E-state index is 0.110. The van der Waals surface area contributed by atoms with Crippen LogP contribution in [-0.4, -0.2) is 281 Å². The first kappa shape index (κ1) is 102. The number of aliphatic hydroxyl groups excluding tert-OH is 10. The largest absolute Gasteiger partial charge is 0.507 e. The second-order valence-electron chi connectivity index (χ2n) is 33.9. The van der Waals surface area contributed by atoms with Gasteiger partial charge < -0.3 is 168 Å². The van der Waals surface area contributed by atoms with E-state index in [0.29, 0.717) is 19.5 Å². The number of hydrogen-bond acceptors (Lipinski definition) is 33. The molecule has 23 atom stereocenters. The van der Waals surface area contributed by atoms with Crippen LogP contribution in [0.1, 0.15) is 175 Å². The van der Waals surface area contributed by atoms with Gasteiger partial charge in [0.1, 0.15) is 114 Å². The lowest BCUT2D eigenvalue weighted by Gasteiger charge is -2.49. The molecule has 0 radical (unpaired) electrons. The van der Waals surface area contributed by atoms with Gasteiger partial charge in [0.15, 0.2) is 36.2 Å². The summed E-state index contributed by atoms with van der Waals surface area (Å²) >= 11 is 14.4. The second-order valence-corrected chi connectivity index (χ2v) is 34.7. The SMILES string of the molecule is CCCCCCCCCCNCCNC1(CC)C[C@H](O[C@H]2C(Oc3c4cc5cc3Oc3ccc(cc3Cl)[C@@H](O)[C@@H](NC(=O)[C@@H](CC(C)C)NC)C(=O)N[C@@H](CC(N)=O)C(=O)N[C@H]5C(=O)N[C@@H]3C(=O)N[C@H](C(=O)N[C@H](C(=O)O)c5cc(O)c(CNCCO[C@@H]6OC(CO)[C@@H](O)[C@H](O)C6O)c(O)c5-c5cc3ccc5O)[C@H](O)c3ccc(c(Cl)c3)O4)O[C@H](CO)C(O)C2O)OC(C)[C@H]1O. The Hall–Kier alpha value is -9.52. The van der Waals surface area contributed by atoms with Gasteiger partial charge in [-0.2, -0.15) is 0 Å². The van der Waals surface area contributed by atoms with Gasteiger partial charge in [0.25, 0.3) is 0 Å². The molecule has 7 amide bonds. The Kier molecular flexibility index (Phi) is 35.8. The van der Waals surface area contributed by atoms with E-state index < -0.39 is 292 Å². The van der Waals surface area contributed by atoms with E-state index in [2.05, 4.69) is 60.1 Å². The standard InChI is InChI=1S/C88H119Cl2N11O30/c1-7-9-10-11-12-13-14-15-22-93-23-24-95-88(8-2)35-61(125-40(5)78(88)115)130-77-74(113)72(111)59(38-103)129-87(77)131-76-56-31-44-32-57(76)127-55-21-18-43(30-49(55)90)69(108)67-84(121)99-65(85(122)123)46-33-53(105)47(36-94-25-26-124-86-75(114)73(112)71(110)58(37-102)128-86)70(109)62(46)45-28-41(16-19-52(45)104)63(81(118)101-67)98-82(119)64(44)97-80(117)51(34-60(91)106)96-83(120)66(100-79(116)50(92-6)27-39(3)4)68(107)42-17-20-54(126-56)48(89)29-42/h16-21,28-33,39-40,50-51,58-59,61,63-69,71-75,77-78,86-87,92-95,102-105,107-115H,7-15,22-27,34-38H2,1-6H3,(H2,91,106)(H,96,120)(H,97,117)(H,98,119)(H,99,121)(H,100,116)(H,101,118)(H,122,123)/t40?,50-,51+,58?,59-,61+,63+,64-,65+,66-,67+,68-,69-,71-,72?,73+,74?,75?,77-,78-,86-,87?,88?/m1/s1. The Morgan fingerprint density at radius 3 is 1.83 bits per heavy atom. The number of aliphatic hydroxyl groups is 10. The number of benzene rings is 5. The van der Waals surface area contributed by atoms with Crippen LogP contribution in [0.25, 0.3) is 11.1 Å². The fraction of sp³-hybridized carbons (Fsp3) is 0.568. The van der Waals surface area contributed by atoms with Crippen LogP contribution in [0.3, 0.4) is 0 Å². The number of halogens is 2. The van der Waals surface area contributed by atoms with E-state index in [0.717, 1.165) is 99.3 Å². The van der Waals surface area contributed by atoms with Gasteiger partial charge in [-0.3, -0.25) is 33.6 Å². The van der Waals surface area contributed by atoms with Crippen molar-refractivity contribution in [1.82, 2.24) is 53.2 Å². The number of carbonyl (C=O) groups is 8. The summed E-state index contributed by atoms with van der Waals surface area (Å²) in [6.45, 7) is 7.96. The van der Waals surface area contributed by atoms with Crippen LogP contribution in [0, 0.1) is 5.92 Å². The fourth-order valence-corrected chi connectivity index (χ4v) is 17.3. The van der Waals surface area contributed by atoms with Gasteiger partial charge in [0, 0.05) is 49.3 Å². The summed E-state index contributed by atoms with van der Waals surface area (Å²) in [5.74, 6) is -16.8. The minimum atomic E-state index is -2.42. The monoisotopic (exact) mass is 1880 g/mol. The third kappa shape index (κ3) is 24.2. The van der Waals surface area contributed by atoms with E-state index in [4.69, 9.17) is 66.8 Å². The fourth-order valence-electron chi connectivity index (χ4n) is 16.8. The molecule has 0 saturated carbocycles. The lowest BCUT2D eigenvalue weighted by Crippen LogP contribution is -2.66. The summed E-state index contributed by atoms with van der Waals surface area (Å²) in [6, 6.07) is -2.16. The zero-order valence-corrected chi connectivity index (χ0v) is 74.5. The van der Waals surface area contributed by atoms with Crippen molar-refractivity contribution < 1.29 is 148 Å². The maximum atomic E-state index is 16.5. The van der Waals surface area contributed by atoms with Gasteiger partial charge in [-0.05, 0) is 123 Å². The smallest absolute Gasteiger partial charge is 0.330 e. The summed E-state index contributed by atoms with van der Waals surface area (Å²) in [7, 11) is 1.47. The number of rotatable bonds is 34. The van der Waals surface area contributed by atoms with Gasteiger partial charge in [-0.25, -0.2) is 4.79 Å². The lowest BCUT2D eigenvalue weighted by molar-refractivity contribution is -0.335. The number of fused-ring (bicyclic) bond motifs is 15. The number of carboxylic acid groups (broad SMARTS) is 1. The lowest BCUT2D eigenvalue weighted by atomic mass is 9.81. The summed E-state index contributed by atoms with van der Waals surface area (Å²) in [5, 5.41) is 187. The molecular formula is C88H119Cl2N11O30. The summed E-state index contributed by atoms with van der Waals surface area (Å²) < 4.78 is 50.8. The number of carbonyl (C=O) groups excluding carboxylic acids is 7. The predicted octanol–water partition coefficient (Wildman–Crippen LogP) is 0.764. The van der Waals surface area contributed by atoms with Crippen molar-refractivity contribution in [3.05, 3.63) is 116 Å². The number of nitrogens with two attached hydrogens (primary N) is 1. The number of primary amides is 1. The number of carboxylic acids is 1. The van der Waals surface area contributed by atoms with E-state index in [1.807, 2.05) is 20.8 Å². The summed E-state index contributed by atoms with van der Waals surface area (Å²) in [6.07, 6.45) is -17.5. The van der Waals surface area contributed by atoms with Crippen LogP contribution in [-0.2, 0) is 68.6 Å². The molecule has 131 heavy (non-hydrogen) atoms. The molecule has 5 aromatic carbocycles. The minimum Gasteiger partial charge on any atom is -0.507 e. The second kappa shape index (κ2) is 45.9. The summed E-state index contributed by atoms with van der Waals surface area (Å²) in [4.78, 5) is 120. The number of nitrogens with one attached hydrogen (secondary N) is 10. The molecule has 8 aliphatic rings. The zero-order valence-electron chi connectivity index (χ0n) is 73.0. The van der Waals surface area contributed by atoms with Crippen molar-refractivity contribution in [2.45, 2.75) is 258 Å². The highest BCUT2D eigenvalue weighted by Crippen LogP contribution is 2.51. The molecule has 41 nitrogen and oxygen atoms in total. The van der Waals surface area contributed by atoms with Gasteiger partial charge in [-0.15, -0.1) is 0 Å². The van der Waals surface area contributed by atoms with Crippen molar-refractivity contribution in [3.8, 4) is 57.1 Å². The van der Waals surface area contributed by atoms with E-state index >= 15 is 24.0 Å². The maximum Gasteiger partial charge on any atom is 0.330 e. The van der Waals surface area contributed by atoms with Crippen molar-refractivity contribution in [1.29, 1.82) is 0 Å². The molecular weight excluding hydrogens is 1760 g/mol. The van der Waals surface area contributed by atoms with Crippen LogP contribution < -0.4 is 73.1 Å². The Bertz CT molecular complexity index is 4850. The van der Waals surface area contributed by atoms with Crippen molar-refractivity contribution >= 4 is 70.5 Å². The number of phenolic OH excluding ortho intramolecular Hbond substituents is 3. The van der Waals surface area contributed by atoms with E-state index in [-0.39, 0.29) is 53.8 Å². The third-order valence-electron chi connectivity index (χ3n) is 24.2. The molecule has 26 N–H and O–H groups in total. The quantitative estimate of drug-likeness (QED) is 0.0253. The highest BCUT2D eigenvalue weighted by Gasteiger charge is 2.54. The Morgan fingerprint density at radius 2 is 1.22 bits per heavy atom. The molecule has 0 aromatic heterocycles. The van der Waals surface area contributed by atoms with Gasteiger partial charge in [0.2, 0.25) is 53.4 Å². The van der Waals surface area contributed by atoms with Crippen molar-refractivity contribution in [2.75, 3.05) is 53.0 Å². The van der Waals surface area contributed by atoms with Gasteiger partial charge >= 0.3 is 5.97 Å². The van der Waals surface area contributed by atoms with Crippen LogP contribution in [0.4, 0.5) is 0 Å². The average molecular weight is 1880 g/mol. The molecule has 0 aliphatic carbocycles. The van der Waals surface area contributed by atoms with Crippen molar-refractivity contribution in [2.24, 2.45) is 11.7 Å². The summed E-state index contributed by atoms with van der Waals surface area (Å²) in [5.41, 5.74) is 0.916. The number of amides is 7. The molecule has 3 saturated heterocycles. The number of phenols is 3. The molecule has 8 aliphatic heterocycles. The number of aliphatic carboxylic acids is 1. The first-order chi connectivity index (χ1) is 62.4. The van der Waals surface area contributed by atoms with Crippen LogP contribution in [0.5, 0.6) is 46.0 Å². The molecule has 11 bridgehead atoms. The third-order valence-corrected chi connectivity index (χ3v) is 24.8. The molecule has 8 heterocycles. The van der Waals surface area contributed by atoms with E-state index in [1.54, 1.807) is 6.92 Å². The Morgan fingerprint density at radius 1 is 0.618 bits per heavy atom. The number of aromatic hydroxyl groups is 3. The number of unbranched alkanes of at least 4 members (excludes halogenated alkanes) is 7. The first-order valence-electron chi connectivity index (χ1n) is 43.7. The zero-order chi connectivity index (χ0) is 95.1. The Balaban J connectivity index is 1.07. The normalized spacial score (nSPS) is 29.0. The highest BCUT2D eigenvalue weighted by atomic mass is 35.5. The average Bonchev–Trinajstić information content (AvgIpc) is 0.724. The molecule has 7 unspecified atom stereocenters. The molecule has 3 fully saturated rings. The maximum absolute atomic E-state index is 16.5. The number of hydrogen-bond donors (Lipinski definition) is 25. The van der Waals surface area contributed by atoms with E-state index in [1.165, 1.54) is 38.4 Å². The number of likely N-dealkylation sites (N-methyl/N-ethyl adjacent to an activating group) is 1. The van der Waals surface area contributed by atoms with Crippen LogP contribution >= 0.6 is 23.2 Å². The predicted molar refractivity (Wildman–Crippen MR) is 465 cm³/mol. The van der Waals surface area contributed by atoms with Crippen LogP contribution in [0.15, 0.2) is 72.8 Å².